The molecule has 154 valence electrons. The molecular formula is C22H28N4O3. The Hall–Kier alpha value is -2.41. The summed E-state index contributed by atoms with van der Waals surface area (Å²) in [7, 11) is 0. The number of nitrogens with one attached hydrogen (secondary N) is 1. The fourth-order valence-electron chi connectivity index (χ4n) is 4.66. The van der Waals surface area contributed by atoms with E-state index in [2.05, 4.69) is 14.9 Å². The topological polar surface area (TPSA) is 78.5 Å². The third-order valence-corrected chi connectivity index (χ3v) is 6.54. The minimum absolute atomic E-state index is 0.0952. The van der Waals surface area contributed by atoms with Crippen LogP contribution >= 0.6 is 0 Å². The van der Waals surface area contributed by atoms with E-state index in [0.717, 1.165) is 29.8 Å². The predicted octanol–water partition coefficient (Wildman–Crippen LogP) is 2.13. The van der Waals surface area contributed by atoms with Gasteiger partial charge in [0.2, 0.25) is 11.8 Å². The molecule has 1 atom stereocenters. The van der Waals surface area contributed by atoms with E-state index >= 15 is 0 Å². The number of imidazole rings is 1. The quantitative estimate of drug-likeness (QED) is 0.840. The zero-order chi connectivity index (χ0) is 19.8. The van der Waals surface area contributed by atoms with Crippen LogP contribution in [0, 0.1) is 5.92 Å². The van der Waals surface area contributed by atoms with Crippen molar-refractivity contribution in [2.24, 2.45) is 5.92 Å². The van der Waals surface area contributed by atoms with Crippen molar-refractivity contribution in [2.75, 3.05) is 32.8 Å². The Bertz CT molecular complexity index is 881. The van der Waals surface area contributed by atoms with E-state index in [1.165, 1.54) is 12.8 Å². The van der Waals surface area contributed by atoms with E-state index < -0.39 is 0 Å². The molecule has 2 amide bonds. The highest BCUT2D eigenvalue weighted by atomic mass is 16.5. The summed E-state index contributed by atoms with van der Waals surface area (Å²) < 4.78 is 5.72. The van der Waals surface area contributed by atoms with Crippen LogP contribution in [0.5, 0.6) is 0 Å². The van der Waals surface area contributed by atoms with E-state index in [-0.39, 0.29) is 17.4 Å². The maximum Gasteiger partial charge on any atom is 0.224 e. The standard InChI is InChI=1S/C22H28N4O3/c27-20(8-7-19-23-17-3-1-2-4-18(17)24-19)25-11-9-21(28)26(13-16-5-6-16)22(14-25)10-12-29-15-22/h1-4,16H,5-15H2,(H,23,24). The second-order valence-corrected chi connectivity index (χ2v) is 8.74. The highest BCUT2D eigenvalue weighted by molar-refractivity contribution is 5.81. The second kappa shape index (κ2) is 7.44. The van der Waals surface area contributed by atoms with Gasteiger partial charge in [-0.1, -0.05) is 12.1 Å². The van der Waals surface area contributed by atoms with E-state index in [4.69, 9.17) is 4.74 Å². The van der Waals surface area contributed by atoms with Gasteiger partial charge in [-0.05, 0) is 37.3 Å². The first kappa shape index (κ1) is 18.6. The third kappa shape index (κ3) is 3.75. The molecule has 1 saturated carbocycles. The van der Waals surface area contributed by atoms with Gasteiger partial charge in [-0.3, -0.25) is 9.59 Å². The number of hydrogen-bond donors (Lipinski definition) is 1. The molecule has 2 aromatic rings. The van der Waals surface area contributed by atoms with Gasteiger partial charge in [0.25, 0.3) is 0 Å². The van der Waals surface area contributed by atoms with Gasteiger partial charge < -0.3 is 19.5 Å². The Morgan fingerprint density at radius 2 is 2.17 bits per heavy atom. The van der Waals surface area contributed by atoms with Gasteiger partial charge in [-0.25, -0.2) is 4.98 Å². The smallest absolute Gasteiger partial charge is 0.224 e. The van der Waals surface area contributed by atoms with Gasteiger partial charge in [0.05, 0.1) is 23.2 Å². The van der Waals surface area contributed by atoms with Crippen molar-refractivity contribution in [2.45, 2.75) is 44.1 Å². The summed E-state index contributed by atoms with van der Waals surface area (Å²) in [6, 6.07) is 7.89. The summed E-state index contributed by atoms with van der Waals surface area (Å²) in [6.45, 7) is 3.11. The van der Waals surface area contributed by atoms with Crippen molar-refractivity contribution in [1.29, 1.82) is 0 Å². The zero-order valence-electron chi connectivity index (χ0n) is 16.7. The molecule has 5 rings (SSSR count). The second-order valence-electron chi connectivity index (χ2n) is 8.74. The highest BCUT2D eigenvalue weighted by Crippen LogP contribution is 2.37. The molecule has 3 aliphatic rings. The van der Waals surface area contributed by atoms with Gasteiger partial charge >= 0.3 is 0 Å². The number of carbonyl (C=O) groups is 2. The first-order valence-corrected chi connectivity index (χ1v) is 10.7. The molecule has 7 heteroatoms. The van der Waals surface area contributed by atoms with Crippen LogP contribution in [0.4, 0.5) is 0 Å². The molecule has 0 bridgehead atoms. The van der Waals surface area contributed by atoms with Crippen molar-refractivity contribution >= 4 is 22.8 Å². The monoisotopic (exact) mass is 396 g/mol. The number of aromatic amines is 1. The number of carbonyl (C=O) groups excluding carboxylic acids is 2. The number of aromatic nitrogens is 2. The summed E-state index contributed by atoms with van der Waals surface area (Å²) in [5.41, 5.74) is 1.58. The average Bonchev–Trinajstić information content (AvgIpc) is 3.30. The largest absolute Gasteiger partial charge is 0.379 e. The molecule has 1 unspecified atom stereocenters. The molecule has 1 aromatic heterocycles. The number of rotatable bonds is 5. The van der Waals surface area contributed by atoms with Crippen LogP contribution in [0.1, 0.15) is 37.9 Å². The van der Waals surface area contributed by atoms with Crippen LogP contribution in [0.3, 0.4) is 0 Å². The number of H-pyrrole nitrogens is 1. The Kier molecular flexibility index (Phi) is 4.78. The molecule has 1 spiro atoms. The van der Waals surface area contributed by atoms with Crippen LogP contribution in [-0.2, 0) is 20.7 Å². The Balaban J connectivity index is 1.28. The van der Waals surface area contributed by atoms with Crippen molar-refractivity contribution < 1.29 is 14.3 Å². The molecular weight excluding hydrogens is 368 g/mol. The van der Waals surface area contributed by atoms with Gasteiger partial charge in [-0.15, -0.1) is 0 Å². The Morgan fingerprint density at radius 1 is 1.31 bits per heavy atom. The van der Waals surface area contributed by atoms with Crippen molar-refractivity contribution in [3.8, 4) is 0 Å². The number of aryl methyl sites for hydroxylation is 1. The Morgan fingerprint density at radius 3 is 2.93 bits per heavy atom. The maximum atomic E-state index is 13.0. The number of hydrogen-bond acceptors (Lipinski definition) is 4. The van der Waals surface area contributed by atoms with E-state index in [0.29, 0.717) is 51.5 Å². The van der Waals surface area contributed by atoms with Gasteiger partial charge in [0.1, 0.15) is 5.82 Å². The minimum atomic E-state index is -0.342. The van der Waals surface area contributed by atoms with Crippen LogP contribution in [-0.4, -0.2) is 70.0 Å². The number of para-hydroxylation sites is 2. The van der Waals surface area contributed by atoms with E-state index in [1.807, 2.05) is 29.2 Å². The number of amides is 2. The molecule has 2 saturated heterocycles. The number of benzene rings is 1. The van der Waals surface area contributed by atoms with Crippen LogP contribution in [0.25, 0.3) is 11.0 Å². The van der Waals surface area contributed by atoms with Gasteiger partial charge in [0.15, 0.2) is 0 Å². The first-order valence-electron chi connectivity index (χ1n) is 10.7. The lowest BCUT2D eigenvalue weighted by Crippen LogP contribution is -2.57. The first-order chi connectivity index (χ1) is 14.1. The molecule has 2 aliphatic heterocycles. The van der Waals surface area contributed by atoms with Crippen molar-refractivity contribution in [3.63, 3.8) is 0 Å². The molecule has 1 N–H and O–H groups in total. The SMILES string of the molecule is O=C(CCc1nc2ccccc2[nH]1)N1CCC(=O)N(CC2CC2)C2(CCOC2)C1. The Labute approximate surface area is 170 Å². The fraction of sp³-hybridized carbons (Fsp3) is 0.591. The molecule has 0 radical (unpaired) electrons. The molecule has 3 heterocycles. The third-order valence-electron chi connectivity index (χ3n) is 6.54. The lowest BCUT2D eigenvalue weighted by Gasteiger charge is -2.40. The fourth-order valence-corrected chi connectivity index (χ4v) is 4.66. The molecule has 1 aromatic carbocycles. The molecule has 29 heavy (non-hydrogen) atoms. The molecule has 1 aliphatic carbocycles. The lowest BCUT2D eigenvalue weighted by molar-refractivity contribution is -0.138. The van der Waals surface area contributed by atoms with Crippen LogP contribution in [0.15, 0.2) is 24.3 Å². The van der Waals surface area contributed by atoms with Crippen LogP contribution < -0.4 is 0 Å². The predicted molar refractivity (Wildman–Crippen MR) is 108 cm³/mol. The number of fused-ring (bicyclic) bond motifs is 1. The maximum absolute atomic E-state index is 13.0. The summed E-state index contributed by atoms with van der Waals surface area (Å²) in [5.74, 6) is 1.74. The highest BCUT2D eigenvalue weighted by Gasteiger charge is 2.48. The van der Waals surface area contributed by atoms with Crippen molar-refractivity contribution in [1.82, 2.24) is 19.8 Å². The van der Waals surface area contributed by atoms with Crippen molar-refractivity contribution in [3.05, 3.63) is 30.1 Å². The minimum Gasteiger partial charge on any atom is -0.379 e. The van der Waals surface area contributed by atoms with E-state index in [9.17, 15) is 9.59 Å². The number of nitrogens with zero attached hydrogens (tertiary/aromatic N) is 3. The van der Waals surface area contributed by atoms with Gasteiger partial charge in [-0.2, -0.15) is 0 Å². The summed E-state index contributed by atoms with van der Waals surface area (Å²) >= 11 is 0. The van der Waals surface area contributed by atoms with E-state index in [1.54, 1.807) is 0 Å². The average molecular weight is 396 g/mol. The zero-order valence-corrected chi connectivity index (χ0v) is 16.7. The van der Waals surface area contributed by atoms with Crippen LogP contribution in [0.2, 0.25) is 0 Å². The lowest BCUT2D eigenvalue weighted by atomic mass is 9.94. The van der Waals surface area contributed by atoms with Gasteiger partial charge in [0, 0.05) is 45.5 Å². The normalized spacial score (nSPS) is 25.2. The summed E-state index contributed by atoms with van der Waals surface area (Å²) in [6.07, 6.45) is 4.62. The summed E-state index contributed by atoms with van der Waals surface area (Å²) in [5, 5.41) is 0. The molecule has 3 fully saturated rings. The summed E-state index contributed by atoms with van der Waals surface area (Å²) in [4.78, 5) is 37.8. The molecule has 7 nitrogen and oxygen atoms in total. The number of ether oxygens (including phenoxy) is 1.